The molecular formula is C26H29N7OS. The predicted molar refractivity (Wildman–Crippen MR) is 138 cm³/mol. The van der Waals surface area contributed by atoms with Crippen molar-refractivity contribution in [2.24, 2.45) is 5.92 Å². The van der Waals surface area contributed by atoms with Crippen LogP contribution in [-0.2, 0) is 17.6 Å². The second kappa shape index (κ2) is 8.57. The molecule has 3 aliphatic rings. The normalized spacial score (nSPS) is 22.8. The minimum atomic E-state index is 0.0820. The van der Waals surface area contributed by atoms with Gasteiger partial charge >= 0.3 is 0 Å². The van der Waals surface area contributed by atoms with Gasteiger partial charge < -0.3 is 10.2 Å². The number of nitrogens with zero attached hydrogens (tertiary/aromatic N) is 5. The van der Waals surface area contributed by atoms with Crippen molar-refractivity contribution in [3.63, 3.8) is 0 Å². The summed E-state index contributed by atoms with van der Waals surface area (Å²) in [5.41, 5.74) is 3.31. The van der Waals surface area contributed by atoms with Gasteiger partial charge in [-0.25, -0.2) is 9.97 Å². The quantitative estimate of drug-likeness (QED) is 0.452. The fourth-order valence-electron chi connectivity index (χ4n) is 6.19. The molecule has 35 heavy (non-hydrogen) atoms. The van der Waals surface area contributed by atoms with E-state index in [2.05, 4.69) is 41.3 Å². The van der Waals surface area contributed by atoms with Crippen LogP contribution in [0.2, 0.25) is 0 Å². The van der Waals surface area contributed by atoms with Crippen LogP contribution < -0.4 is 5.32 Å². The number of H-pyrrole nitrogens is 1. The number of nitrogens with one attached hydrogen (secondary N) is 2. The number of aromatic amines is 1. The summed E-state index contributed by atoms with van der Waals surface area (Å²) in [7, 11) is 0. The molecule has 7 rings (SSSR count). The van der Waals surface area contributed by atoms with Gasteiger partial charge in [0.05, 0.1) is 17.1 Å². The van der Waals surface area contributed by atoms with Gasteiger partial charge in [0.15, 0.2) is 0 Å². The van der Waals surface area contributed by atoms with E-state index in [4.69, 9.17) is 0 Å². The molecule has 2 atom stereocenters. The third-order valence-corrected chi connectivity index (χ3v) is 9.21. The van der Waals surface area contributed by atoms with Crippen LogP contribution in [0.15, 0.2) is 30.7 Å². The number of aryl methyl sites for hydroxylation is 1. The largest absolute Gasteiger partial charge is 0.340 e. The van der Waals surface area contributed by atoms with Crippen LogP contribution in [0.4, 0.5) is 11.5 Å². The molecule has 4 aromatic rings. The molecule has 0 saturated carbocycles. The minimum Gasteiger partial charge on any atom is -0.340 e. The number of benzene rings is 1. The van der Waals surface area contributed by atoms with E-state index in [1.807, 2.05) is 18.3 Å². The van der Waals surface area contributed by atoms with Crippen molar-refractivity contribution in [3.8, 4) is 0 Å². The number of hydrogen-bond acceptors (Lipinski definition) is 7. The molecule has 180 valence electrons. The van der Waals surface area contributed by atoms with E-state index in [-0.39, 0.29) is 5.92 Å². The number of hydrogen-bond donors (Lipinski definition) is 2. The van der Waals surface area contributed by atoms with Gasteiger partial charge in [-0.1, -0.05) is 6.42 Å². The van der Waals surface area contributed by atoms with Crippen molar-refractivity contribution < 1.29 is 4.79 Å². The van der Waals surface area contributed by atoms with Crippen molar-refractivity contribution >= 4 is 49.9 Å². The number of piperidine rings is 1. The number of thiophene rings is 1. The van der Waals surface area contributed by atoms with E-state index in [1.165, 1.54) is 36.2 Å². The zero-order valence-corrected chi connectivity index (χ0v) is 20.5. The lowest BCUT2D eigenvalue weighted by Gasteiger charge is -2.45. The van der Waals surface area contributed by atoms with Crippen molar-refractivity contribution in [2.45, 2.75) is 44.6 Å². The Kier molecular flexibility index (Phi) is 5.20. The summed E-state index contributed by atoms with van der Waals surface area (Å²) in [5, 5.41) is 12.8. The number of amides is 1. The first kappa shape index (κ1) is 21.3. The van der Waals surface area contributed by atoms with E-state index in [9.17, 15) is 4.79 Å². The Hall–Kier alpha value is -3.04. The van der Waals surface area contributed by atoms with Crippen LogP contribution in [0.5, 0.6) is 0 Å². The zero-order chi connectivity index (χ0) is 23.4. The SMILES string of the molecule is O=C(C1CCc2c(sc3ncnc(Nc4ccc5[nH]ncc5c4)c23)C1)N1CCN2CCCCC2C1. The van der Waals surface area contributed by atoms with Crippen LogP contribution in [0.3, 0.4) is 0 Å². The lowest BCUT2D eigenvalue weighted by Crippen LogP contribution is -2.57. The summed E-state index contributed by atoms with van der Waals surface area (Å²) in [6.45, 7) is 4.03. The molecule has 1 amide bonds. The van der Waals surface area contributed by atoms with Crippen LogP contribution in [0.25, 0.3) is 21.1 Å². The summed E-state index contributed by atoms with van der Waals surface area (Å²) < 4.78 is 0. The summed E-state index contributed by atoms with van der Waals surface area (Å²) >= 11 is 1.73. The fourth-order valence-corrected chi connectivity index (χ4v) is 7.45. The topological polar surface area (TPSA) is 90.0 Å². The monoisotopic (exact) mass is 487 g/mol. The van der Waals surface area contributed by atoms with Crippen LogP contribution >= 0.6 is 11.3 Å². The van der Waals surface area contributed by atoms with E-state index < -0.39 is 0 Å². The molecule has 1 aromatic carbocycles. The van der Waals surface area contributed by atoms with Crippen molar-refractivity contribution in [1.82, 2.24) is 30.0 Å². The lowest BCUT2D eigenvalue weighted by molar-refractivity contribution is -0.139. The number of piperazine rings is 1. The molecule has 2 saturated heterocycles. The standard InChI is InChI=1S/C26H29N7OS/c34-26(33-10-9-32-8-2-1-3-19(32)14-33)16-4-6-20-22(12-16)35-25-23(20)24(27-15-28-25)30-18-5-7-21-17(11-18)13-29-31-21/h5,7,11,13,15-16,19H,1-4,6,8-10,12,14H2,(H,29,31)(H,27,28,30). The second-order valence-corrected chi connectivity index (χ2v) is 11.2. The van der Waals surface area contributed by atoms with Gasteiger partial charge in [-0.15, -0.1) is 11.3 Å². The van der Waals surface area contributed by atoms with Crippen molar-refractivity contribution in [3.05, 3.63) is 41.2 Å². The Balaban J connectivity index is 1.12. The molecule has 3 aromatic heterocycles. The summed E-state index contributed by atoms with van der Waals surface area (Å²) in [4.78, 5) is 29.7. The number of anilines is 2. The van der Waals surface area contributed by atoms with Crippen LogP contribution in [0, 0.1) is 5.92 Å². The predicted octanol–water partition coefficient (Wildman–Crippen LogP) is 4.11. The maximum atomic E-state index is 13.5. The smallest absolute Gasteiger partial charge is 0.226 e. The Morgan fingerprint density at radius 1 is 1.14 bits per heavy atom. The first-order valence-corrected chi connectivity index (χ1v) is 13.5. The number of carbonyl (C=O) groups excluding carboxylic acids is 1. The summed E-state index contributed by atoms with van der Waals surface area (Å²) in [5.74, 6) is 1.28. The van der Waals surface area contributed by atoms with Crippen LogP contribution in [-0.4, -0.2) is 68.1 Å². The Morgan fingerprint density at radius 3 is 3.09 bits per heavy atom. The average molecular weight is 488 g/mol. The third-order valence-electron chi connectivity index (χ3n) is 8.05. The molecule has 2 fully saturated rings. The zero-order valence-electron chi connectivity index (χ0n) is 19.7. The van der Waals surface area contributed by atoms with E-state index >= 15 is 0 Å². The molecule has 2 aliphatic heterocycles. The number of fused-ring (bicyclic) bond motifs is 5. The lowest BCUT2D eigenvalue weighted by atomic mass is 9.86. The highest BCUT2D eigenvalue weighted by molar-refractivity contribution is 7.19. The third kappa shape index (κ3) is 3.77. The summed E-state index contributed by atoms with van der Waals surface area (Å²) in [6.07, 6.45) is 9.92. The summed E-state index contributed by atoms with van der Waals surface area (Å²) in [6, 6.07) is 6.70. The van der Waals surface area contributed by atoms with Crippen molar-refractivity contribution in [2.75, 3.05) is 31.5 Å². The highest BCUT2D eigenvalue weighted by Gasteiger charge is 2.36. The van der Waals surface area contributed by atoms with Gasteiger partial charge in [0, 0.05) is 47.5 Å². The van der Waals surface area contributed by atoms with E-state index in [0.29, 0.717) is 11.9 Å². The molecule has 5 heterocycles. The molecular weight excluding hydrogens is 458 g/mol. The van der Waals surface area contributed by atoms with Gasteiger partial charge in [0.2, 0.25) is 5.91 Å². The van der Waals surface area contributed by atoms with Gasteiger partial charge in [-0.2, -0.15) is 5.10 Å². The maximum absolute atomic E-state index is 13.5. The van der Waals surface area contributed by atoms with Gasteiger partial charge in [0.1, 0.15) is 17.0 Å². The molecule has 9 heteroatoms. The average Bonchev–Trinajstić information content (AvgIpc) is 3.52. The second-order valence-electron chi connectivity index (χ2n) is 10.1. The van der Waals surface area contributed by atoms with Crippen LogP contribution in [0.1, 0.15) is 36.1 Å². The first-order chi connectivity index (χ1) is 17.2. The molecule has 0 bridgehead atoms. The van der Waals surface area contributed by atoms with Gasteiger partial charge in [0.25, 0.3) is 0 Å². The fraction of sp³-hybridized carbons (Fsp3) is 0.462. The maximum Gasteiger partial charge on any atom is 0.226 e. The highest BCUT2D eigenvalue weighted by atomic mass is 32.1. The minimum absolute atomic E-state index is 0.0820. The van der Waals surface area contributed by atoms with Gasteiger partial charge in [-0.05, 0) is 62.4 Å². The number of aromatic nitrogens is 4. The molecule has 2 N–H and O–H groups in total. The van der Waals surface area contributed by atoms with E-state index in [1.54, 1.807) is 17.7 Å². The number of carbonyl (C=O) groups is 1. The Bertz CT molecular complexity index is 1410. The molecule has 2 unspecified atom stereocenters. The Labute approximate surface area is 207 Å². The Morgan fingerprint density at radius 2 is 2.11 bits per heavy atom. The molecule has 0 radical (unpaired) electrons. The van der Waals surface area contributed by atoms with Gasteiger partial charge in [-0.3, -0.25) is 14.8 Å². The van der Waals surface area contributed by atoms with E-state index in [0.717, 1.165) is 71.5 Å². The molecule has 1 aliphatic carbocycles. The molecule has 8 nitrogen and oxygen atoms in total. The number of rotatable bonds is 3. The highest BCUT2D eigenvalue weighted by Crippen LogP contribution is 2.41. The molecule has 0 spiro atoms. The van der Waals surface area contributed by atoms with Crippen molar-refractivity contribution in [1.29, 1.82) is 0 Å². The first-order valence-electron chi connectivity index (χ1n) is 12.7.